The second kappa shape index (κ2) is 14.1. The fraction of sp³-hybridized carbons (Fsp3) is 0.542. The van der Waals surface area contributed by atoms with Crippen molar-refractivity contribution >= 4 is 29.6 Å². The number of nitrogens with zero attached hydrogens (tertiary/aromatic N) is 1. The first kappa shape index (κ1) is 28.7. The highest BCUT2D eigenvalue weighted by atomic mass is 16.4. The Morgan fingerprint density at radius 2 is 1.75 bits per heavy atom. The lowest BCUT2D eigenvalue weighted by atomic mass is 10.0. The molecule has 1 heterocycles. The number of rotatable bonds is 14. The zero-order valence-corrected chi connectivity index (χ0v) is 20.2. The van der Waals surface area contributed by atoms with Gasteiger partial charge in [0.15, 0.2) is 0 Å². The number of benzene rings is 1. The van der Waals surface area contributed by atoms with E-state index >= 15 is 0 Å². The molecule has 1 fully saturated rings. The smallest absolute Gasteiger partial charge is 0.326 e. The minimum atomic E-state index is -1.40. The Labute approximate surface area is 209 Å². The van der Waals surface area contributed by atoms with Crippen molar-refractivity contribution in [2.24, 2.45) is 17.2 Å². The molecule has 1 saturated heterocycles. The van der Waals surface area contributed by atoms with E-state index in [2.05, 4.69) is 10.6 Å². The van der Waals surface area contributed by atoms with E-state index in [9.17, 15) is 29.1 Å². The van der Waals surface area contributed by atoms with Gasteiger partial charge in [-0.15, -0.1) is 0 Å². The van der Waals surface area contributed by atoms with Crippen molar-refractivity contribution in [2.75, 3.05) is 13.1 Å². The van der Waals surface area contributed by atoms with E-state index < -0.39 is 54.3 Å². The highest BCUT2D eigenvalue weighted by Gasteiger charge is 2.38. The van der Waals surface area contributed by atoms with E-state index in [-0.39, 0.29) is 12.3 Å². The number of hydrogen-bond donors (Lipinski definition) is 6. The van der Waals surface area contributed by atoms with Gasteiger partial charge in [-0.2, -0.15) is 0 Å². The third kappa shape index (κ3) is 8.61. The molecule has 1 aliphatic rings. The number of nitrogens with two attached hydrogens (primary N) is 3. The van der Waals surface area contributed by atoms with Crippen LogP contribution >= 0.6 is 0 Å². The van der Waals surface area contributed by atoms with Crippen molar-refractivity contribution in [1.29, 1.82) is 0 Å². The van der Waals surface area contributed by atoms with Crippen molar-refractivity contribution in [2.45, 2.75) is 69.1 Å². The molecular weight excluding hydrogens is 468 g/mol. The van der Waals surface area contributed by atoms with Crippen LogP contribution in [0.25, 0.3) is 0 Å². The molecule has 12 heteroatoms. The zero-order chi connectivity index (χ0) is 26.7. The summed E-state index contributed by atoms with van der Waals surface area (Å²) >= 11 is 0. The molecule has 0 saturated carbocycles. The molecule has 0 bridgehead atoms. The van der Waals surface area contributed by atoms with E-state index in [1.54, 1.807) is 30.3 Å². The van der Waals surface area contributed by atoms with Crippen LogP contribution < -0.4 is 27.8 Å². The van der Waals surface area contributed by atoms with Crippen molar-refractivity contribution in [3.63, 3.8) is 0 Å². The number of likely N-dealkylation sites (tertiary alicyclic amines) is 1. The summed E-state index contributed by atoms with van der Waals surface area (Å²) in [5.74, 6) is -3.99. The van der Waals surface area contributed by atoms with Gasteiger partial charge in [-0.25, -0.2) is 4.79 Å². The van der Waals surface area contributed by atoms with E-state index in [1.165, 1.54) is 4.90 Å². The van der Waals surface area contributed by atoms with Gasteiger partial charge in [0.2, 0.25) is 23.6 Å². The summed E-state index contributed by atoms with van der Waals surface area (Å²) in [6.45, 7) is 0.833. The van der Waals surface area contributed by atoms with Gasteiger partial charge in [-0.3, -0.25) is 19.2 Å². The maximum Gasteiger partial charge on any atom is 0.326 e. The van der Waals surface area contributed by atoms with Crippen LogP contribution in [0.5, 0.6) is 0 Å². The molecule has 1 aliphatic heterocycles. The van der Waals surface area contributed by atoms with Gasteiger partial charge >= 0.3 is 5.97 Å². The molecule has 0 spiro atoms. The summed E-state index contributed by atoms with van der Waals surface area (Å²) in [5, 5.41) is 14.4. The number of nitrogens with one attached hydrogen (secondary N) is 2. The highest BCUT2D eigenvalue weighted by molar-refractivity contribution is 5.96. The molecule has 0 radical (unpaired) electrons. The Hall–Kier alpha value is -3.51. The summed E-state index contributed by atoms with van der Waals surface area (Å²) < 4.78 is 0. The maximum atomic E-state index is 13.0. The molecule has 12 nitrogen and oxygen atoms in total. The van der Waals surface area contributed by atoms with Gasteiger partial charge in [0.25, 0.3) is 0 Å². The largest absolute Gasteiger partial charge is 0.480 e. The Balaban J connectivity index is 2.07. The zero-order valence-electron chi connectivity index (χ0n) is 20.2. The maximum absolute atomic E-state index is 13.0. The summed E-state index contributed by atoms with van der Waals surface area (Å²) in [6, 6.07) is 4.38. The van der Waals surface area contributed by atoms with E-state index in [1.807, 2.05) is 0 Å². The van der Waals surface area contributed by atoms with Crippen molar-refractivity contribution in [3.05, 3.63) is 35.9 Å². The molecule has 9 N–H and O–H groups in total. The molecule has 198 valence electrons. The van der Waals surface area contributed by atoms with Crippen LogP contribution in [0.1, 0.15) is 44.1 Å². The second-order valence-electron chi connectivity index (χ2n) is 8.90. The van der Waals surface area contributed by atoms with Gasteiger partial charge < -0.3 is 37.8 Å². The minimum absolute atomic E-state index is 0.00605. The molecule has 1 aromatic carbocycles. The second-order valence-corrected chi connectivity index (χ2v) is 8.90. The SMILES string of the molecule is NCCCCC(N)C(=O)N1CCCC1C(=O)NC(CC(N)=O)C(=O)NC(Cc1ccccc1)C(=O)O. The van der Waals surface area contributed by atoms with Crippen molar-refractivity contribution < 1.29 is 29.1 Å². The van der Waals surface area contributed by atoms with Gasteiger partial charge in [0, 0.05) is 13.0 Å². The third-order valence-electron chi connectivity index (χ3n) is 6.06. The number of hydrogen-bond acceptors (Lipinski definition) is 7. The van der Waals surface area contributed by atoms with E-state index in [0.29, 0.717) is 44.3 Å². The van der Waals surface area contributed by atoms with Crippen LogP contribution in [-0.2, 0) is 30.4 Å². The van der Waals surface area contributed by atoms with Crippen LogP contribution in [0.4, 0.5) is 0 Å². The number of carboxylic acid groups (broad SMARTS) is 1. The predicted octanol–water partition coefficient (Wildman–Crippen LogP) is -1.39. The predicted molar refractivity (Wildman–Crippen MR) is 131 cm³/mol. The molecule has 4 amide bonds. The molecule has 0 aromatic heterocycles. The Bertz CT molecular complexity index is 927. The first-order valence-electron chi connectivity index (χ1n) is 12.1. The lowest BCUT2D eigenvalue weighted by Gasteiger charge is -2.28. The molecule has 4 atom stereocenters. The average Bonchev–Trinajstić information content (AvgIpc) is 3.33. The van der Waals surface area contributed by atoms with Crippen molar-refractivity contribution in [3.8, 4) is 0 Å². The summed E-state index contributed by atoms with van der Waals surface area (Å²) in [6.07, 6.45) is 2.26. The number of primary amides is 1. The molecular formula is C24H36N6O6. The van der Waals surface area contributed by atoms with Crippen LogP contribution in [0.2, 0.25) is 0 Å². The lowest BCUT2D eigenvalue weighted by Crippen LogP contribution is -2.57. The number of carbonyl (C=O) groups excluding carboxylic acids is 4. The lowest BCUT2D eigenvalue weighted by molar-refractivity contribution is -0.143. The summed E-state index contributed by atoms with van der Waals surface area (Å²) in [4.78, 5) is 63.5. The molecule has 2 rings (SSSR count). The summed E-state index contributed by atoms with van der Waals surface area (Å²) in [5.41, 5.74) is 17.5. The molecule has 36 heavy (non-hydrogen) atoms. The van der Waals surface area contributed by atoms with Gasteiger partial charge in [-0.1, -0.05) is 36.8 Å². The summed E-state index contributed by atoms with van der Waals surface area (Å²) in [7, 11) is 0. The fourth-order valence-corrected chi connectivity index (χ4v) is 4.15. The third-order valence-corrected chi connectivity index (χ3v) is 6.06. The number of aliphatic carboxylic acids is 1. The number of carbonyl (C=O) groups is 5. The van der Waals surface area contributed by atoms with E-state index in [4.69, 9.17) is 17.2 Å². The van der Waals surface area contributed by atoms with Gasteiger partial charge in [0.1, 0.15) is 18.1 Å². The number of amides is 4. The number of unbranched alkanes of at least 4 members (excludes halogenated alkanes) is 1. The van der Waals surface area contributed by atoms with Gasteiger partial charge in [0.05, 0.1) is 12.5 Å². The van der Waals surface area contributed by atoms with Crippen LogP contribution in [-0.4, -0.2) is 76.9 Å². The fourth-order valence-electron chi connectivity index (χ4n) is 4.15. The minimum Gasteiger partial charge on any atom is -0.480 e. The quantitative estimate of drug-likeness (QED) is 0.166. The van der Waals surface area contributed by atoms with Gasteiger partial charge in [-0.05, 0) is 37.8 Å². The highest BCUT2D eigenvalue weighted by Crippen LogP contribution is 2.20. The van der Waals surface area contributed by atoms with Crippen LogP contribution in [0, 0.1) is 0 Å². The first-order chi connectivity index (χ1) is 17.1. The Morgan fingerprint density at radius 3 is 2.36 bits per heavy atom. The van der Waals surface area contributed by atoms with Crippen LogP contribution in [0.3, 0.4) is 0 Å². The average molecular weight is 505 g/mol. The molecule has 0 aliphatic carbocycles. The monoisotopic (exact) mass is 504 g/mol. The normalized spacial score (nSPS) is 17.6. The Kier molecular flexibility index (Phi) is 11.3. The Morgan fingerprint density at radius 1 is 1.06 bits per heavy atom. The molecule has 1 aromatic rings. The van der Waals surface area contributed by atoms with Crippen molar-refractivity contribution in [1.82, 2.24) is 15.5 Å². The van der Waals surface area contributed by atoms with E-state index in [0.717, 1.165) is 6.42 Å². The topological polar surface area (TPSA) is 211 Å². The standard InChI is InChI=1S/C24H36N6O6/c25-11-5-4-9-16(26)23(34)30-12-6-10-19(30)22(33)28-17(14-20(27)31)21(32)29-18(24(35)36)13-15-7-2-1-3-8-15/h1-3,7-8,16-19H,4-6,9-14,25-26H2,(H2,27,31)(H,28,33)(H,29,32)(H,35,36). The number of carboxylic acids is 1. The van der Waals surface area contributed by atoms with Crippen LogP contribution in [0.15, 0.2) is 30.3 Å². The first-order valence-corrected chi connectivity index (χ1v) is 12.1. The molecule has 4 unspecified atom stereocenters.